The minimum atomic E-state index is -0.108. The summed E-state index contributed by atoms with van der Waals surface area (Å²) in [6, 6.07) is 6.10. The predicted molar refractivity (Wildman–Crippen MR) is 80.4 cm³/mol. The van der Waals surface area contributed by atoms with Gasteiger partial charge in [-0.15, -0.1) is 12.4 Å². The summed E-state index contributed by atoms with van der Waals surface area (Å²) in [6.45, 7) is 8.29. The lowest BCUT2D eigenvalue weighted by Gasteiger charge is -2.28. The van der Waals surface area contributed by atoms with Gasteiger partial charge in [0, 0.05) is 19.1 Å². The molecule has 0 amide bonds. The van der Waals surface area contributed by atoms with E-state index in [-0.39, 0.29) is 18.2 Å². The van der Waals surface area contributed by atoms with Gasteiger partial charge in [-0.25, -0.2) is 4.39 Å². The second kappa shape index (κ2) is 7.83. The first kappa shape index (κ1) is 16.4. The van der Waals surface area contributed by atoms with Gasteiger partial charge in [-0.05, 0) is 50.0 Å². The summed E-state index contributed by atoms with van der Waals surface area (Å²) in [7, 11) is 0. The van der Waals surface area contributed by atoms with Crippen molar-refractivity contribution in [3.05, 3.63) is 35.1 Å². The van der Waals surface area contributed by atoms with E-state index in [1.807, 2.05) is 19.1 Å². The van der Waals surface area contributed by atoms with Gasteiger partial charge in [-0.3, -0.25) is 4.90 Å². The number of nitrogens with zero attached hydrogens (tertiary/aromatic N) is 1. The molecule has 1 fully saturated rings. The normalized spacial score (nSPS) is 18.6. The summed E-state index contributed by atoms with van der Waals surface area (Å²) >= 11 is 0. The molecular formula is C15H24ClFN2. The number of halogens is 2. The van der Waals surface area contributed by atoms with E-state index in [9.17, 15) is 4.39 Å². The van der Waals surface area contributed by atoms with E-state index in [4.69, 9.17) is 0 Å². The topological polar surface area (TPSA) is 15.3 Å². The molecule has 0 aromatic heterocycles. The van der Waals surface area contributed by atoms with Gasteiger partial charge in [0.1, 0.15) is 5.82 Å². The van der Waals surface area contributed by atoms with E-state index >= 15 is 0 Å². The van der Waals surface area contributed by atoms with Crippen LogP contribution in [0.25, 0.3) is 0 Å². The van der Waals surface area contributed by atoms with E-state index in [0.29, 0.717) is 6.04 Å². The quantitative estimate of drug-likeness (QED) is 0.895. The molecule has 108 valence electrons. The Hall–Kier alpha value is -0.640. The second-order valence-corrected chi connectivity index (χ2v) is 5.20. The van der Waals surface area contributed by atoms with Crippen LogP contribution >= 0.6 is 12.4 Å². The van der Waals surface area contributed by atoms with Crippen molar-refractivity contribution in [1.29, 1.82) is 0 Å². The number of hydrogen-bond acceptors (Lipinski definition) is 2. The molecule has 1 aromatic carbocycles. The summed E-state index contributed by atoms with van der Waals surface area (Å²) in [5.41, 5.74) is 1.96. The summed E-state index contributed by atoms with van der Waals surface area (Å²) < 4.78 is 13.3. The molecule has 1 aromatic rings. The highest BCUT2D eigenvalue weighted by molar-refractivity contribution is 5.85. The van der Waals surface area contributed by atoms with Crippen molar-refractivity contribution in [2.75, 3.05) is 19.6 Å². The molecule has 2 nitrogen and oxygen atoms in total. The smallest absolute Gasteiger partial charge is 0.126 e. The highest BCUT2D eigenvalue weighted by Gasteiger charge is 2.21. The Morgan fingerprint density at radius 2 is 2.21 bits per heavy atom. The van der Waals surface area contributed by atoms with Crippen molar-refractivity contribution in [3.8, 4) is 0 Å². The minimum Gasteiger partial charge on any atom is -0.315 e. The van der Waals surface area contributed by atoms with Gasteiger partial charge < -0.3 is 5.32 Å². The number of benzene rings is 1. The molecule has 0 spiro atoms. The molecule has 1 heterocycles. The molecule has 1 N–H and O–H groups in total. The lowest BCUT2D eigenvalue weighted by atomic mass is 10.1. The first-order valence-electron chi connectivity index (χ1n) is 6.90. The average molecular weight is 287 g/mol. The molecule has 0 aliphatic carbocycles. The zero-order valence-corrected chi connectivity index (χ0v) is 12.6. The summed E-state index contributed by atoms with van der Waals surface area (Å²) in [5, 5.41) is 3.42. The standard InChI is InChI=1S/C15H23FN2.ClH/c1-3-8-18(14-6-7-17-10-14)11-13-4-5-15(16)12(2)9-13;/h4-5,9,14,17H,3,6-8,10-11H2,1-2H3;1H. The van der Waals surface area contributed by atoms with Crippen LogP contribution in [0, 0.1) is 12.7 Å². The number of rotatable bonds is 5. The first-order chi connectivity index (χ1) is 8.70. The van der Waals surface area contributed by atoms with Crippen molar-refractivity contribution in [1.82, 2.24) is 10.2 Å². The molecule has 1 atom stereocenters. The summed E-state index contributed by atoms with van der Waals surface area (Å²) in [6.07, 6.45) is 2.39. The Balaban J connectivity index is 0.00000180. The molecular weight excluding hydrogens is 263 g/mol. The fourth-order valence-corrected chi connectivity index (χ4v) is 2.67. The Labute approximate surface area is 121 Å². The van der Waals surface area contributed by atoms with Gasteiger partial charge in [0.05, 0.1) is 0 Å². The van der Waals surface area contributed by atoms with Gasteiger partial charge in [-0.1, -0.05) is 19.1 Å². The van der Waals surface area contributed by atoms with Crippen LogP contribution in [0.1, 0.15) is 30.9 Å². The average Bonchev–Trinajstić information content (AvgIpc) is 2.87. The van der Waals surface area contributed by atoms with E-state index in [0.717, 1.165) is 38.2 Å². The summed E-state index contributed by atoms with van der Waals surface area (Å²) in [5.74, 6) is -0.108. The Kier molecular flexibility index (Phi) is 6.76. The van der Waals surface area contributed by atoms with Crippen molar-refractivity contribution in [3.63, 3.8) is 0 Å². The molecule has 0 radical (unpaired) electrons. The van der Waals surface area contributed by atoms with Crippen LogP contribution in [0.4, 0.5) is 4.39 Å². The first-order valence-corrected chi connectivity index (χ1v) is 6.90. The molecule has 2 rings (SSSR count). The summed E-state index contributed by atoms with van der Waals surface area (Å²) in [4.78, 5) is 2.52. The van der Waals surface area contributed by atoms with Crippen LogP contribution in [-0.4, -0.2) is 30.6 Å². The van der Waals surface area contributed by atoms with E-state index in [1.54, 1.807) is 6.07 Å². The minimum absolute atomic E-state index is 0. The highest BCUT2D eigenvalue weighted by Crippen LogP contribution is 2.16. The van der Waals surface area contributed by atoms with Gasteiger partial charge in [0.2, 0.25) is 0 Å². The van der Waals surface area contributed by atoms with E-state index < -0.39 is 0 Å². The molecule has 1 unspecified atom stereocenters. The van der Waals surface area contributed by atoms with Crippen molar-refractivity contribution in [2.45, 2.75) is 39.3 Å². The van der Waals surface area contributed by atoms with Crippen molar-refractivity contribution in [2.24, 2.45) is 0 Å². The fourth-order valence-electron chi connectivity index (χ4n) is 2.67. The molecule has 4 heteroatoms. The van der Waals surface area contributed by atoms with E-state index in [1.165, 1.54) is 12.0 Å². The maximum absolute atomic E-state index is 13.3. The van der Waals surface area contributed by atoms with Crippen LogP contribution in [0.5, 0.6) is 0 Å². The van der Waals surface area contributed by atoms with Gasteiger partial charge in [0.25, 0.3) is 0 Å². The number of aryl methyl sites for hydroxylation is 1. The SMILES string of the molecule is CCCN(Cc1ccc(F)c(C)c1)C1CCNC1.Cl. The predicted octanol–water partition coefficient (Wildman–Crippen LogP) is 3.13. The maximum atomic E-state index is 13.3. The lowest BCUT2D eigenvalue weighted by Crippen LogP contribution is -2.36. The fraction of sp³-hybridized carbons (Fsp3) is 0.600. The molecule has 1 aliphatic heterocycles. The number of hydrogen-bond donors (Lipinski definition) is 1. The molecule has 0 bridgehead atoms. The van der Waals surface area contributed by atoms with Gasteiger partial charge >= 0.3 is 0 Å². The number of nitrogens with one attached hydrogen (secondary N) is 1. The molecule has 19 heavy (non-hydrogen) atoms. The Bertz CT molecular complexity index is 392. The monoisotopic (exact) mass is 286 g/mol. The third-order valence-corrected chi connectivity index (χ3v) is 3.67. The van der Waals surface area contributed by atoms with Crippen LogP contribution in [-0.2, 0) is 6.54 Å². The lowest BCUT2D eigenvalue weighted by molar-refractivity contribution is 0.199. The van der Waals surface area contributed by atoms with Crippen LogP contribution in [0.15, 0.2) is 18.2 Å². The molecule has 1 saturated heterocycles. The second-order valence-electron chi connectivity index (χ2n) is 5.20. The van der Waals surface area contributed by atoms with Crippen LogP contribution < -0.4 is 5.32 Å². The third kappa shape index (κ3) is 4.44. The highest BCUT2D eigenvalue weighted by atomic mass is 35.5. The van der Waals surface area contributed by atoms with Crippen molar-refractivity contribution < 1.29 is 4.39 Å². The van der Waals surface area contributed by atoms with Gasteiger partial charge in [-0.2, -0.15) is 0 Å². The van der Waals surface area contributed by atoms with Crippen LogP contribution in [0.3, 0.4) is 0 Å². The zero-order valence-electron chi connectivity index (χ0n) is 11.8. The van der Waals surface area contributed by atoms with Gasteiger partial charge in [0.15, 0.2) is 0 Å². The Morgan fingerprint density at radius 1 is 1.42 bits per heavy atom. The molecule has 0 saturated carbocycles. The Morgan fingerprint density at radius 3 is 2.79 bits per heavy atom. The van der Waals surface area contributed by atoms with Crippen LogP contribution in [0.2, 0.25) is 0 Å². The largest absolute Gasteiger partial charge is 0.315 e. The maximum Gasteiger partial charge on any atom is 0.126 e. The van der Waals surface area contributed by atoms with Crippen molar-refractivity contribution >= 4 is 12.4 Å². The molecule has 1 aliphatic rings. The third-order valence-electron chi connectivity index (χ3n) is 3.67. The zero-order chi connectivity index (χ0) is 13.0. The van der Waals surface area contributed by atoms with E-state index in [2.05, 4.69) is 17.1 Å².